The summed E-state index contributed by atoms with van der Waals surface area (Å²) in [4.78, 5) is 20.7. The molecular weight excluding hydrogens is 406 g/mol. The third-order valence-electron chi connectivity index (χ3n) is 5.21. The summed E-state index contributed by atoms with van der Waals surface area (Å²) >= 11 is 1.65. The van der Waals surface area contributed by atoms with Crippen molar-refractivity contribution < 1.29 is 4.79 Å². The Morgan fingerprint density at radius 1 is 1.25 bits per heavy atom. The zero-order chi connectivity index (χ0) is 19.2. The van der Waals surface area contributed by atoms with Gasteiger partial charge in [-0.3, -0.25) is 9.69 Å². The third kappa shape index (κ3) is 5.75. The summed E-state index contributed by atoms with van der Waals surface area (Å²) in [6, 6.07) is 10.6. The molecule has 3 heterocycles. The maximum atomic E-state index is 12.3. The van der Waals surface area contributed by atoms with Gasteiger partial charge in [0.05, 0.1) is 5.69 Å². The molecule has 1 saturated heterocycles. The van der Waals surface area contributed by atoms with Gasteiger partial charge in [-0.15, -0.1) is 11.3 Å². The van der Waals surface area contributed by atoms with Crippen molar-refractivity contribution in [3.63, 3.8) is 0 Å². The number of thiazole rings is 1. The van der Waals surface area contributed by atoms with Crippen LogP contribution in [-0.4, -0.2) is 33.3 Å². The molecule has 28 heavy (non-hydrogen) atoms. The van der Waals surface area contributed by atoms with Gasteiger partial charge in [-0.2, -0.15) is 0 Å². The number of hydrogen-bond acceptors (Lipinski definition) is 6. The molecule has 1 aromatic carbocycles. The summed E-state index contributed by atoms with van der Waals surface area (Å²) in [5, 5.41) is 4.61. The largest absolute Gasteiger partial charge is 0.302 e. The number of nitrogens with one attached hydrogen (secondary N) is 1. The number of benzene rings is 1. The number of rotatable bonds is 8. The molecule has 4 nitrogen and oxygen atoms in total. The number of carbonyl (C=O) groups excluding carboxylic acids is 1. The number of aromatic nitrogens is 1. The van der Waals surface area contributed by atoms with Crippen molar-refractivity contribution in [2.45, 2.75) is 56.9 Å². The van der Waals surface area contributed by atoms with Gasteiger partial charge < -0.3 is 5.32 Å². The van der Waals surface area contributed by atoms with Crippen molar-refractivity contribution in [2.75, 3.05) is 17.6 Å². The molecule has 1 fully saturated rings. The molecule has 0 spiro atoms. The number of nitrogens with zero attached hydrogens (tertiary/aromatic N) is 2. The van der Waals surface area contributed by atoms with Crippen LogP contribution in [0.1, 0.15) is 48.2 Å². The van der Waals surface area contributed by atoms with Crippen molar-refractivity contribution >= 4 is 44.0 Å². The molecule has 1 N–H and O–H groups in total. The second kappa shape index (κ2) is 10.1. The summed E-state index contributed by atoms with van der Waals surface area (Å²) in [5.74, 6) is 1.40. The molecule has 1 atom stereocenters. The fraction of sp³-hybridized carbons (Fsp3) is 0.524. The maximum absolute atomic E-state index is 12.3. The van der Waals surface area contributed by atoms with E-state index in [1.807, 2.05) is 21.6 Å². The smallest absolute Gasteiger partial charge is 0.226 e. The molecule has 1 unspecified atom stereocenters. The third-order valence-corrected chi connectivity index (χ3v) is 9.22. The SMILES string of the molecule is O=C(CCCCC1CCSS1)Nc1nc2c(s1)CN(Cc1ccccc1)CC2. The summed E-state index contributed by atoms with van der Waals surface area (Å²) in [5.41, 5.74) is 2.51. The average Bonchev–Trinajstić information content (AvgIpc) is 3.35. The van der Waals surface area contributed by atoms with Crippen molar-refractivity contribution in [1.82, 2.24) is 9.88 Å². The first-order chi connectivity index (χ1) is 13.8. The van der Waals surface area contributed by atoms with E-state index < -0.39 is 0 Å². The molecule has 0 saturated carbocycles. The van der Waals surface area contributed by atoms with Crippen molar-refractivity contribution in [1.29, 1.82) is 0 Å². The summed E-state index contributed by atoms with van der Waals surface area (Å²) in [7, 11) is 4.01. The lowest BCUT2D eigenvalue weighted by Crippen LogP contribution is -2.29. The minimum Gasteiger partial charge on any atom is -0.302 e. The van der Waals surface area contributed by atoms with E-state index in [0.29, 0.717) is 6.42 Å². The summed E-state index contributed by atoms with van der Waals surface area (Å²) in [6.45, 7) is 2.92. The highest BCUT2D eigenvalue weighted by Gasteiger charge is 2.21. The molecule has 1 aromatic heterocycles. The van der Waals surface area contributed by atoms with E-state index in [1.54, 1.807) is 11.3 Å². The monoisotopic (exact) mass is 433 g/mol. The van der Waals surface area contributed by atoms with Gasteiger partial charge in [-0.05, 0) is 24.8 Å². The fourth-order valence-electron chi connectivity index (χ4n) is 3.68. The lowest BCUT2D eigenvalue weighted by molar-refractivity contribution is -0.116. The lowest BCUT2D eigenvalue weighted by Gasteiger charge is -2.25. The van der Waals surface area contributed by atoms with Crippen LogP contribution in [0.4, 0.5) is 5.13 Å². The zero-order valence-electron chi connectivity index (χ0n) is 16.1. The molecule has 2 aliphatic heterocycles. The van der Waals surface area contributed by atoms with E-state index in [-0.39, 0.29) is 5.91 Å². The normalized spacial score (nSPS) is 19.5. The molecule has 0 aliphatic carbocycles. The van der Waals surface area contributed by atoms with Gasteiger partial charge in [0.1, 0.15) is 0 Å². The maximum Gasteiger partial charge on any atom is 0.226 e. The van der Waals surface area contributed by atoms with Gasteiger partial charge in [-0.25, -0.2) is 4.98 Å². The lowest BCUT2D eigenvalue weighted by atomic mass is 10.1. The van der Waals surface area contributed by atoms with E-state index in [0.717, 1.165) is 49.3 Å². The van der Waals surface area contributed by atoms with Crippen LogP contribution in [0.3, 0.4) is 0 Å². The van der Waals surface area contributed by atoms with E-state index >= 15 is 0 Å². The van der Waals surface area contributed by atoms with Crippen LogP contribution in [0, 0.1) is 0 Å². The Hall–Kier alpha value is -1.02. The fourth-order valence-corrected chi connectivity index (χ4v) is 7.78. The van der Waals surface area contributed by atoms with Crippen LogP contribution in [-0.2, 0) is 24.3 Å². The number of carbonyl (C=O) groups is 1. The van der Waals surface area contributed by atoms with Gasteiger partial charge >= 0.3 is 0 Å². The molecule has 2 aliphatic rings. The minimum absolute atomic E-state index is 0.112. The molecule has 7 heteroatoms. The van der Waals surface area contributed by atoms with Crippen LogP contribution in [0.15, 0.2) is 30.3 Å². The zero-order valence-corrected chi connectivity index (χ0v) is 18.5. The van der Waals surface area contributed by atoms with Crippen molar-refractivity contribution in [3.8, 4) is 0 Å². The number of anilines is 1. The molecule has 2 aromatic rings. The standard InChI is InChI=1S/C21H27N3OS3/c25-20(9-5-4-8-17-11-13-26-28-17)23-21-22-18-10-12-24(15-19(18)27-21)14-16-6-2-1-3-7-16/h1-3,6-7,17H,4-5,8-15H2,(H,22,23,25). The van der Waals surface area contributed by atoms with E-state index in [4.69, 9.17) is 0 Å². The first-order valence-corrected chi connectivity index (χ1v) is 13.3. The van der Waals surface area contributed by atoms with E-state index in [9.17, 15) is 4.79 Å². The first-order valence-electron chi connectivity index (χ1n) is 10.1. The first kappa shape index (κ1) is 20.3. The number of amides is 1. The average molecular weight is 434 g/mol. The Morgan fingerprint density at radius 3 is 2.96 bits per heavy atom. The Labute approximate surface area is 179 Å². The van der Waals surface area contributed by atoms with Crippen molar-refractivity contribution in [3.05, 3.63) is 46.5 Å². The van der Waals surface area contributed by atoms with Crippen LogP contribution in [0.25, 0.3) is 0 Å². The van der Waals surface area contributed by atoms with E-state index in [1.165, 1.54) is 34.7 Å². The number of unbranched alkanes of at least 4 members (excludes halogenated alkanes) is 1. The van der Waals surface area contributed by atoms with Gasteiger partial charge in [0, 0.05) is 48.4 Å². The van der Waals surface area contributed by atoms with Crippen LogP contribution < -0.4 is 5.32 Å². The van der Waals surface area contributed by atoms with Crippen LogP contribution in [0.2, 0.25) is 0 Å². The Morgan fingerprint density at radius 2 is 2.14 bits per heavy atom. The molecule has 0 bridgehead atoms. The summed E-state index contributed by atoms with van der Waals surface area (Å²) < 4.78 is 0. The predicted molar refractivity (Wildman–Crippen MR) is 122 cm³/mol. The quantitative estimate of drug-likeness (QED) is 0.449. The Bertz CT molecular complexity index is 774. The highest BCUT2D eigenvalue weighted by Crippen LogP contribution is 2.40. The van der Waals surface area contributed by atoms with Gasteiger partial charge in [-0.1, -0.05) is 58.3 Å². The van der Waals surface area contributed by atoms with Gasteiger partial charge in [0.2, 0.25) is 5.91 Å². The Kier molecular flexibility index (Phi) is 7.34. The second-order valence-electron chi connectivity index (χ2n) is 7.46. The topological polar surface area (TPSA) is 45.2 Å². The minimum atomic E-state index is 0.112. The highest BCUT2D eigenvalue weighted by atomic mass is 33.1. The molecule has 1 amide bonds. The van der Waals surface area contributed by atoms with E-state index in [2.05, 4.69) is 45.5 Å². The molecular formula is C21H27N3OS3. The predicted octanol–water partition coefficient (Wildman–Crippen LogP) is 5.35. The van der Waals surface area contributed by atoms with Gasteiger partial charge in [0.15, 0.2) is 5.13 Å². The molecule has 0 radical (unpaired) electrons. The van der Waals surface area contributed by atoms with Crippen molar-refractivity contribution in [2.24, 2.45) is 0 Å². The number of hydrogen-bond donors (Lipinski definition) is 1. The van der Waals surface area contributed by atoms with Crippen LogP contribution in [0.5, 0.6) is 0 Å². The second-order valence-corrected chi connectivity index (χ2v) is 11.3. The number of fused-ring (bicyclic) bond motifs is 1. The summed E-state index contributed by atoms with van der Waals surface area (Å²) in [6.07, 6.45) is 6.26. The van der Waals surface area contributed by atoms with Gasteiger partial charge in [0.25, 0.3) is 0 Å². The molecule has 150 valence electrons. The Balaban J connectivity index is 1.22. The van der Waals surface area contributed by atoms with Crippen LogP contribution >= 0.6 is 32.9 Å². The highest BCUT2D eigenvalue weighted by molar-refractivity contribution is 8.77. The molecule has 4 rings (SSSR count).